The fourth-order valence-electron chi connectivity index (χ4n) is 1.57. The fraction of sp³-hybridized carbons (Fsp3) is 0.400. The van der Waals surface area contributed by atoms with Gasteiger partial charge in [-0.1, -0.05) is 18.2 Å². The summed E-state index contributed by atoms with van der Waals surface area (Å²) in [7, 11) is 0. The van der Waals surface area contributed by atoms with Gasteiger partial charge in [-0.25, -0.2) is 0 Å². The maximum atomic E-state index is 9.65. The van der Waals surface area contributed by atoms with Crippen molar-refractivity contribution < 1.29 is 9.84 Å². The molecule has 2 atom stereocenters. The van der Waals surface area contributed by atoms with Gasteiger partial charge in [0, 0.05) is 12.0 Å². The average molecular weight is 164 g/mol. The van der Waals surface area contributed by atoms with Crippen LogP contribution in [0.4, 0.5) is 0 Å². The first-order valence-corrected chi connectivity index (χ1v) is 4.21. The first-order chi connectivity index (χ1) is 5.77. The summed E-state index contributed by atoms with van der Waals surface area (Å²) in [6.45, 7) is 1.97. The third-order valence-electron chi connectivity index (χ3n) is 2.16. The molecule has 1 aromatic carbocycles. The van der Waals surface area contributed by atoms with E-state index in [0.29, 0.717) is 6.42 Å². The zero-order valence-electron chi connectivity index (χ0n) is 7.03. The van der Waals surface area contributed by atoms with Gasteiger partial charge < -0.3 is 9.84 Å². The molecule has 0 radical (unpaired) electrons. The molecule has 0 unspecified atom stereocenters. The molecule has 0 spiro atoms. The Morgan fingerprint density at radius 2 is 2.17 bits per heavy atom. The number of aliphatic hydroxyl groups excluding tert-OH is 1. The van der Waals surface area contributed by atoms with Gasteiger partial charge in [0.1, 0.15) is 5.75 Å². The van der Waals surface area contributed by atoms with E-state index < -0.39 is 0 Å². The Morgan fingerprint density at radius 3 is 3.00 bits per heavy atom. The number of aliphatic hydroxyl groups is 1. The number of para-hydroxylation sites is 1. The number of ether oxygens (including phenoxy) is 1. The second kappa shape index (κ2) is 2.79. The van der Waals surface area contributed by atoms with E-state index >= 15 is 0 Å². The molecule has 1 aliphatic rings. The third-order valence-corrected chi connectivity index (χ3v) is 2.16. The first kappa shape index (κ1) is 7.62. The van der Waals surface area contributed by atoms with Crippen molar-refractivity contribution in [3.63, 3.8) is 0 Å². The Kier molecular flexibility index (Phi) is 1.77. The van der Waals surface area contributed by atoms with E-state index in [0.717, 1.165) is 11.3 Å². The van der Waals surface area contributed by atoms with Crippen molar-refractivity contribution in [2.45, 2.75) is 25.6 Å². The lowest BCUT2D eigenvalue weighted by Gasteiger charge is -2.26. The maximum Gasteiger partial charge on any atom is 0.125 e. The van der Waals surface area contributed by atoms with Gasteiger partial charge in [0.2, 0.25) is 0 Å². The van der Waals surface area contributed by atoms with E-state index in [-0.39, 0.29) is 12.2 Å². The minimum absolute atomic E-state index is 0.120. The van der Waals surface area contributed by atoms with Gasteiger partial charge in [0.15, 0.2) is 0 Å². The van der Waals surface area contributed by atoms with E-state index in [2.05, 4.69) is 0 Å². The molecule has 0 amide bonds. The standard InChI is InChI=1S/C10H12O2/c1-7-6-9(11)8-4-2-3-5-10(8)12-7/h2-5,7,9,11H,6H2,1H3/t7-,9+/m0/s1. The molecule has 1 aliphatic heterocycles. The molecular weight excluding hydrogens is 152 g/mol. The van der Waals surface area contributed by atoms with Crippen molar-refractivity contribution in [1.29, 1.82) is 0 Å². The zero-order chi connectivity index (χ0) is 8.55. The monoisotopic (exact) mass is 164 g/mol. The molecule has 0 aromatic heterocycles. The van der Waals surface area contributed by atoms with E-state index in [1.165, 1.54) is 0 Å². The second-order valence-electron chi connectivity index (χ2n) is 3.22. The van der Waals surface area contributed by atoms with Crippen molar-refractivity contribution in [3.05, 3.63) is 29.8 Å². The van der Waals surface area contributed by atoms with Crippen molar-refractivity contribution in [2.24, 2.45) is 0 Å². The van der Waals surface area contributed by atoms with Crippen molar-refractivity contribution in [2.75, 3.05) is 0 Å². The zero-order valence-corrected chi connectivity index (χ0v) is 7.03. The normalized spacial score (nSPS) is 27.5. The van der Waals surface area contributed by atoms with Gasteiger partial charge in [-0.15, -0.1) is 0 Å². The number of hydrogen-bond acceptors (Lipinski definition) is 2. The summed E-state index contributed by atoms with van der Waals surface area (Å²) >= 11 is 0. The predicted octanol–water partition coefficient (Wildman–Crippen LogP) is 1.89. The van der Waals surface area contributed by atoms with Gasteiger partial charge in [-0.2, -0.15) is 0 Å². The van der Waals surface area contributed by atoms with Crippen LogP contribution in [0.1, 0.15) is 25.0 Å². The first-order valence-electron chi connectivity index (χ1n) is 4.21. The van der Waals surface area contributed by atoms with Gasteiger partial charge in [-0.05, 0) is 13.0 Å². The Bertz CT molecular complexity index is 283. The van der Waals surface area contributed by atoms with Gasteiger partial charge in [0.25, 0.3) is 0 Å². The quantitative estimate of drug-likeness (QED) is 0.634. The summed E-state index contributed by atoms with van der Waals surface area (Å²) in [5, 5.41) is 9.65. The van der Waals surface area contributed by atoms with E-state index in [4.69, 9.17) is 4.74 Å². The number of benzene rings is 1. The van der Waals surface area contributed by atoms with Crippen LogP contribution in [0.15, 0.2) is 24.3 Å². The minimum Gasteiger partial charge on any atom is -0.490 e. The molecule has 1 N–H and O–H groups in total. The van der Waals surface area contributed by atoms with Crippen LogP contribution in [0, 0.1) is 0 Å². The summed E-state index contributed by atoms with van der Waals surface area (Å²) in [6.07, 6.45) is 0.455. The summed E-state index contributed by atoms with van der Waals surface area (Å²) in [4.78, 5) is 0. The highest BCUT2D eigenvalue weighted by Crippen LogP contribution is 2.33. The Balaban J connectivity index is 2.40. The van der Waals surface area contributed by atoms with E-state index in [1.54, 1.807) is 0 Å². The number of hydrogen-bond donors (Lipinski definition) is 1. The molecule has 1 heterocycles. The maximum absolute atomic E-state index is 9.65. The Morgan fingerprint density at radius 1 is 1.42 bits per heavy atom. The van der Waals surface area contributed by atoms with Gasteiger partial charge >= 0.3 is 0 Å². The highest BCUT2D eigenvalue weighted by Gasteiger charge is 2.22. The summed E-state index contributed by atoms with van der Waals surface area (Å²) in [5.74, 6) is 0.823. The van der Waals surface area contributed by atoms with Gasteiger partial charge in [-0.3, -0.25) is 0 Å². The molecule has 0 bridgehead atoms. The molecule has 0 fully saturated rings. The molecule has 0 saturated carbocycles. The van der Waals surface area contributed by atoms with Crippen LogP contribution in [-0.4, -0.2) is 11.2 Å². The second-order valence-corrected chi connectivity index (χ2v) is 3.22. The average Bonchev–Trinajstić information content (AvgIpc) is 2.04. The van der Waals surface area contributed by atoms with Gasteiger partial charge in [0.05, 0.1) is 12.2 Å². The lowest BCUT2D eigenvalue weighted by Crippen LogP contribution is -2.22. The lowest BCUT2D eigenvalue weighted by atomic mass is 10.0. The van der Waals surface area contributed by atoms with Crippen LogP contribution in [0.2, 0.25) is 0 Å². The molecule has 0 saturated heterocycles. The molecule has 1 aromatic rings. The van der Waals surface area contributed by atoms with Crippen LogP contribution in [0.25, 0.3) is 0 Å². The molecule has 0 aliphatic carbocycles. The highest BCUT2D eigenvalue weighted by atomic mass is 16.5. The molecule has 2 nitrogen and oxygen atoms in total. The minimum atomic E-state index is -0.357. The summed E-state index contributed by atoms with van der Waals surface area (Å²) in [6, 6.07) is 7.64. The van der Waals surface area contributed by atoms with Crippen molar-refractivity contribution in [3.8, 4) is 5.75 Å². The smallest absolute Gasteiger partial charge is 0.125 e. The SMILES string of the molecule is C[C@H]1C[C@@H](O)c2ccccc2O1. The molecular formula is C10H12O2. The van der Waals surface area contributed by atoms with Crippen LogP contribution in [-0.2, 0) is 0 Å². The summed E-state index contributed by atoms with van der Waals surface area (Å²) in [5.41, 5.74) is 0.913. The van der Waals surface area contributed by atoms with Crippen LogP contribution < -0.4 is 4.74 Å². The predicted molar refractivity (Wildman–Crippen MR) is 46.1 cm³/mol. The van der Waals surface area contributed by atoms with Crippen LogP contribution in [0.5, 0.6) is 5.75 Å². The van der Waals surface area contributed by atoms with Crippen LogP contribution in [0.3, 0.4) is 0 Å². The number of rotatable bonds is 0. The largest absolute Gasteiger partial charge is 0.490 e. The fourth-order valence-corrected chi connectivity index (χ4v) is 1.57. The Hall–Kier alpha value is -1.02. The molecule has 2 rings (SSSR count). The number of fused-ring (bicyclic) bond motifs is 1. The Labute approximate surface area is 71.8 Å². The van der Waals surface area contributed by atoms with Crippen molar-refractivity contribution >= 4 is 0 Å². The third kappa shape index (κ3) is 1.18. The molecule has 64 valence electrons. The van der Waals surface area contributed by atoms with E-state index in [9.17, 15) is 5.11 Å². The molecule has 2 heteroatoms. The van der Waals surface area contributed by atoms with E-state index in [1.807, 2.05) is 31.2 Å². The topological polar surface area (TPSA) is 29.5 Å². The highest BCUT2D eigenvalue weighted by molar-refractivity contribution is 5.36. The van der Waals surface area contributed by atoms with Crippen LogP contribution >= 0.6 is 0 Å². The lowest BCUT2D eigenvalue weighted by molar-refractivity contribution is 0.0749. The summed E-state index contributed by atoms with van der Waals surface area (Å²) < 4.78 is 5.54. The van der Waals surface area contributed by atoms with Crippen molar-refractivity contribution in [1.82, 2.24) is 0 Å². The molecule has 12 heavy (non-hydrogen) atoms.